The molecule has 0 spiro atoms. The molecule has 5 heterocycles. The van der Waals surface area contributed by atoms with E-state index in [0.717, 1.165) is 11.6 Å². The van der Waals surface area contributed by atoms with Crippen LogP contribution in [0.15, 0.2) is 41.3 Å². The topological polar surface area (TPSA) is 103 Å². The number of aromatic nitrogens is 6. The fraction of sp³-hybridized carbons (Fsp3) is 0.500. The van der Waals surface area contributed by atoms with Crippen LogP contribution in [0.4, 0.5) is 26.7 Å². The highest BCUT2D eigenvalue weighted by molar-refractivity contribution is 5.75. The first kappa shape index (κ1) is 29.4. The summed E-state index contributed by atoms with van der Waals surface area (Å²) in [6, 6.07) is 6.05. The van der Waals surface area contributed by atoms with Gasteiger partial charge >= 0.3 is 17.9 Å². The minimum atomic E-state index is -4.56. The van der Waals surface area contributed by atoms with Crippen LogP contribution in [0, 0.1) is 11.6 Å². The van der Waals surface area contributed by atoms with Crippen molar-refractivity contribution in [3.8, 4) is 0 Å². The van der Waals surface area contributed by atoms with E-state index >= 15 is 0 Å². The third-order valence-electron chi connectivity index (χ3n) is 9.69. The summed E-state index contributed by atoms with van der Waals surface area (Å²) in [4.78, 5) is 32.4. The van der Waals surface area contributed by atoms with Gasteiger partial charge in [0, 0.05) is 44.8 Å². The van der Waals surface area contributed by atoms with Crippen LogP contribution >= 0.6 is 0 Å². The van der Waals surface area contributed by atoms with Crippen LogP contribution in [-0.2, 0) is 19.0 Å². The molecule has 7 rings (SSSR count). The normalized spacial score (nSPS) is 21.9. The molecule has 2 aliphatic heterocycles. The predicted octanol–water partition coefficient (Wildman–Crippen LogP) is 4.86. The fourth-order valence-corrected chi connectivity index (χ4v) is 7.01. The average Bonchev–Trinajstić information content (AvgIpc) is 3.72. The minimum absolute atomic E-state index is 0.0605. The van der Waals surface area contributed by atoms with Gasteiger partial charge in [-0.1, -0.05) is 12.1 Å². The second-order valence-corrected chi connectivity index (χ2v) is 12.3. The molecule has 2 atom stereocenters. The van der Waals surface area contributed by atoms with Gasteiger partial charge in [0.05, 0.1) is 11.6 Å². The van der Waals surface area contributed by atoms with Crippen molar-refractivity contribution < 1.29 is 26.7 Å². The molecular weight excluding hydrogens is 599 g/mol. The zero-order chi connectivity index (χ0) is 31.7. The molecule has 3 aromatic heterocycles. The van der Waals surface area contributed by atoms with E-state index in [2.05, 4.69) is 20.5 Å². The highest BCUT2D eigenvalue weighted by Crippen LogP contribution is 2.58. The highest BCUT2D eigenvalue weighted by atomic mass is 19.4. The van der Waals surface area contributed by atoms with E-state index in [1.165, 1.54) is 21.3 Å². The Bertz CT molecular complexity index is 1830. The first-order valence-electron chi connectivity index (χ1n) is 15.0. The average molecular weight is 631 g/mol. The summed E-state index contributed by atoms with van der Waals surface area (Å²) in [6.45, 7) is 0.611. The maximum Gasteiger partial charge on any atom is 0.401 e. The first-order valence-corrected chi connectivity index (χ1v) is 15.0. The lowest BCUT2D eigenvalue weighted by Gasteiger charge is -2.33. The van der Waals surface area contributed by atoms with Crippen molar-refractivity contribution in [3.05, 3.63) is 75.9 Å². The predicted molar refractivity (Wildman–Crippen MR) is 151 cm³/mol. The van der Waals surface area contributed by atoms with Crippen LogP contribution in [0.25, 0.3) is 11.2 Å². The molecule has 2 fully saturated rings. The largest absolute Gasteiger partial charge is 0.401 e. The van der Waals surface area contributed by atoms with Crippen LogP contribution in [0.5, 0.6) is 0 Å². The zero-order valence-corrected chi connectivity index (χ0v) is 24.4. The molecular formula is C30H31F5N8O2. The van der Waals surface area contributed by atoms with Crippen molar-refractivity contribution in [2.45, 2.75) is 74.7 Å². The number of carbonyl (C=O) groups excluding carboxylic acids is 1. The number of halogens is 5. The summed E-state index contributed by atoms with van der Waals surface area (Å²) in [5, 5.41) is 11.1. The minimum Gasteiger partial charge on any atom is -0.328 e. The number of aryl methyl sites for hydroxylation is 1. The number of likely N-dealkylation sites (tertiary alicyclic amines) is 1. The smallest absolute Gasteiger partial charge is 0.328 e. The van der Waals surface area contributed by atoms with Gasteiger partial charge in [0.25, 0.3) is 0 Å². The third-order valence-corrected chi connectivity index (χ3v) is 9.69. The van der Waals surface area contributed by atoms with Gasteiger partial charge < -0.3 is 14.8 Å². The Morgan fingerprint density at radius 1 is 1.02 bits per heavy atom. The SMILES string of the molecule is Cn1c(=O)n(C2CCN(C(=O)NC3CCC(c4cccc(F)c4F)Cn4c3nnc4C3(C(F)(F)F)CC3)CC2)c2cccnc21. The maximum absolute atomic E-state index is 14.9. The van der Waals surface area contributed by atoms with E-state index < -0.39 is 41.2 Å². The number of fused-ring (bicyclic) bond motifs is 2. The zero-order valence-electron chi connectivity index (χ0n) is 24.4. The molecule has 4 aromatic rings. The summed E-state index contributed by atoms with van der Waals surface area (Å²) < 4.78 is 76.2. The number of benzene rings is 1. The molecule has 1 aliphatic carbocycles. The van der Waals surface area contributed by atoms with E-state index in [4.69, 9.17) is 0 Å². The van der Waals surface area contributed by atoms with Gasteiger partial charge in [0.15, 0.2) is 23.1 Å². The standard InChI is InChI=1S/C30H31F5N8O2/c1-40-25-22(6-3-13-36-25)43(28(40)45)18-9-14-41(15-10-18)27(44)37-21-8-7-17(19-4-2-5-20(31)23(19)32)16-42-24(21)38-39-26(42)29(11-12-29)30(33,34)35/h2-6,13,17-18,21H,7-12,14-16H2,1H3,(H,37,44). The van der Waals surface area contributed by atoms with E-state index in [-0.39, 0.29) is 61.2 Å². The number of imidazole rings is 1. The van der Waals surface area contributed by atoms with Crippen molar-refractivity contribution in [1.82, 2.24) is 39.1 Å². The molecule has 10 nitrogen and oxygen atoms in total. The Labute approximate surface area is 253 Å². The molecule has 0 radical (unpaired) electrons. The van der Waals surface area contributed by atoms with Crippen LogP contribution < -0.4 is 11.0 Å². The van der Waals surface area contributed by atoms with Gasteiger partial charge in [0.1, 0.15) is 11.2 Å². The first-order chi connectivity index (χ1) is 21.5. The second-order valence-electron chi connectivity index (χ2n) is 12.3. The Morgan fingerprint density at radius 2 is 1.78 bits per heavy atom. The third kappa shape index (κ3) is 4.78. The molecule has 1 saturated heterocycles. The van der Waals surface area contributed by atoms with Crippen molar-refractivity contribution in [1.29, 1.82) is 0 Å². The van der Waals surface area contributed by atoms with Gasteiger partial charge in [0.2, 0.25) is 0 Å². The van der Waals surface area contributed by atoms with Crippen molar-refractivity contribution >= 4 is 17.2 Å². The molecule has 1 saturated carbocycles. The van der Waals surface area contributed by atoms with Gasteiger partial charge in [-0.2, -0.15) is 13.2 Å². The second kappa shape index (κ2) is 10.7. The van der Waals surface area contributed by atoms with E-state index in [1.54, 1.807) is 28.8 Å². The molecule has 1 N–H and O–H groups in total. The lowest BCUT2D eigenvalue weighted by atomic mass is 9.92. The summed E-state index contributed by atoms with van der Waals surface area (Å²) in [5.41, 5.74) is -0.978. The lowest BCUT2D eigenvalue weighted by Crippen LogP contribution is -2.46. The number of carbonyl (C=O) groups is 1. The van der Waals surface area contributed by atoms with E-state index in [9.17, 15) is 31.5 Å². The van der Waals surface area contributed by atoms with Crippen molar-refractivity contribution in [2.24, 2.45) is 7.05 Å². The molecule has 45 heavy (non-hydrogen) atoms. The molecule has 3 aliphatic rings. The van der Waals surface area contributed by atoms with Gasteiger partial charge in [-0.25, -0.2) is 23.4 Å². The van der Waals surface area contributed by atoms with Crippen molar-refractivity contribution in [3.63, 3.8) is 0 Å². The Balaban J connectivity index is 1.13. The Hall–Kier alpha value is -4.30. The summed E-state index contributed by atoms with van der Waals surface area (Å²) in [5.74, 6) is -2.83. The maximum atomic E-state index is 14.9. The monoisotopic (exact) mass is 630 g/mol. The molecule has 0 bridgehead atoms. The number of pyridine rings is 1. The van der Waals surface area contributed by atoms with E-state index in [1.807, 2.05) is 6.07 Å². The summed E-state index contributed by atoms with van der Waals surface area (Å²) in [7, 11) is 1.67. The molecule has 2 unspecified atom stereocenters. The lowest BCUT2D eigenvalue weighted by molar-refractivity contribution is -0.163. The molecule has 238 valence electrons. The van der Waals surface area contributed by atoms with Crippen LogP contribution in [0.3, 0.4) is 0 Å². The molecule has 1 aromatic carbocycles. The van der Waals surface area contributed by atoms with Crippen LogP contribution in [-0.4, -0.2) is 59.1 Å². The fourth-order valence-electron chi connectivity index (χ4n) is 7.01. The Kier molecular flexibility index (Phi) is 6.96. The number of piperidine rings is 1. The van der Waals surface area contributed by atoms with Gasteiger partial charge in [-0.15, -0.1) is 10.2 Å². The molecule has 2 amide bonds. The van der Waals surface area contributed by atoms with Crippen LogP contribution in [0.1, 0.15) is 73.7 Å². The summed E-state index contributed by atoms with van der Waals surface area (Å²) >= 11 is 0. The summed E-state index contributed by atoms with van der Waals surface area (Å²) in [6.07, 6.45) is -1.69. The number of rotatable bonds is 4. The number of hydrogen-bond donors (Lipinski definition) is 1. The number of hydrogen-bond acceptors (Lipinski definition) is 5. The van der Waals surface area contributed by atoms with Crippen LogP contribution in [0.2, 0.25) is 0 Å². The molecule has 15 heteroatoms. The quantitative estimate of drug-likeness (QED) is 0.325. The number of alkyl halides is 3. The number of nitrogens with one attached hydrogen (secondary N) is 1. The van der Waals surface area contributed by atoms with Gasteiger partial charge in [-0.3, -0.25) is 9.13 Å². The van der Waals surface area contributed by atoms with Gasteiger partial charge in [-0.05, 0) is 62.3 Å². The van der Waals surface area contributed by atoms with E-state index in [0.29, 0.717) is 31.6 Å². The number of urea groups is 1. The number of amides is 2. The van der Waals surface area contributed by atoms with Crippen molar-refractivity contribution in [2.75, 3.05) is 13.1 Å². The number of nitrogens with zero attached hydrogens (tertiary/aromatic N) is 7. The Morgan fingerprint density at radius 3 is 2.49 bits per heavy atom. The highest BCUT2D eigenvalue weighted by Gasteiger charge is 2.67.